The Morgan fingerprint density at radius 1 is 1.03 bits per heavy atom. The van der Waals surface area contributed by atoms with Gasteiger partial charge in [-0.25, -0.2) is 9.37 Å². The first-order valence-corrected chi connectivity index (χ1v) is 10.1. The van der Waals surface area contributed by atoms with Crippen molar-refractivity contribution in [1.82, 2.24) is 19.8 Å². The molecule has 2 aromatic carbocycles. The Morgan fingerprint density at radius 2 is 1.67 bits per heavy atom. The van der Waals surface area contributed by atoms with Crippen LogP contribution in [0.25, 0.3) is 11.0 Å². The van der Waals surface area contributed by atoms with Gasteiger partial charge in [0.05, 0.1) is 23.1 Å². The van der Waals surface area contributed by atoms with Gasteiger partial charge < -0.3 is 14.8 Å². The molecule has 0 fully saturated rings. The number of imidazole rings is 1. The monoisotopic (exact) mass is 410 g/mol. The number of hydrogen-bond donors (Lipinski definition) is 1. The highest BCUT2D eigenvalue weighted by Gasteiger charge is 2.23. The van der Waals surface area contributed by atoms with E-state index in [1.807, 2.05) is 61.4 Å². The van der Waals surface area contributed by atoms with E-state index in [1.165, 1.54) is 18.2 Å². The molecule has 0 radical (unpaired) electrons. The van der Waals surface area contributed by atoms with Crippen molar-refractivity contribution >= 4 is 22.8 Å². The summed E-state index contributed by atoms with van der Waals surface area (Å²) >= 11 is 0. The summed E-state index contributed by atoms with van der Waals surface area (Å²) in [5.41, 5.74) is 1.52. The van der Waals surface area contributed by atoms with Gasteiger partial charge in [-0.1, -0.05) is 24.3 Å². The fraction of sp³-hybridized carbons (Fsp3) is 0.348. The molecule has 1 N–H and O–H groups in total. The molecule has 0 saturated carbocycles. The van der Waals surface area contributed by atoms with Crippen molar-refractivity contribution in [3.8, 4) is 0 Å². The van der Waals surface area contributed by atoms with Gasteiger partial charge in [-0.3, -0.25) is 9.59 Å². The Labute approximate surface area is 175 Å². The second-order valence-electron chi connectivity index (χ2n) is 7.75. The number of hydrogen-bond acceptors (Lipinski definition) is 3. The minimum absolute atomic E-state index is 0.0233. The molecule has 0 aliphatic carbocycles. The fourth-order valence-electron chi connectivity index (χ4n) is 3.73. The van der Waals surface area contributed by atoms with Crippen LogP contribution < -0.4 is 5.32 Å². The number of nitrogens with one attached hydrogen (secondary N) is 1. The maximum atomic E-state index is 13.9. The van der Waals surface area contributed by atoms with Gasteiger partial charge in [0, 0.05) is 12.1 Å². The number of halogens is 1. The lowest BCUT2D eigenvalue weighted by Crippen LogP contribution is -2.44. The number of nitrogens with zero attached hydrogens (tertiary/aromatic N) is 3. The molecule has 0 spiro atoms. The first kappa shape index (κ1) is 21.5. The van der Waals surface area contributed by atoms with Crippen LogP contribution in [0.15, 0.2) is 48.5 Å². The lowest BCUT2D eigenvalue weighted by Gasteiger charge is -2.31. The van der Waals surface area contributed by atoms with Crippen molar-refractivity contribution in [2.24, 2.45) is 0 Å². The molecule has 0 atom stereocenters. The molecule has 1 aromatic heterocycles. The minimum Gasteiger partial charge on any atom is -0.345 e. The van der Waals surface area contributed by atoms with Gasteiger partial charge in [-0.05, 0) is 52.0 Å². The Kier molecular flexibility index (Phi) is 6.50. The number of fused-ring (bicyclic) bond motifs is 1. The standard InChI is InChI=1S/C23H27FN4O2/c1-15(2)28(16(3)4)22(29)14-27-20-12-8-7-11-19(20)26-21(27)13-25-23(30)17-9-5-6-10-18(17)24/h5-12,15-16H,13-14H2,1-4H3,(H,25,30). The van der Waals surface area contributed by atoms with E-state index in [9.17, 15) is 14.0 Å². The minimum atomic E-state index is -0.580. The van der Waals surface area contributed by atoms with Crippen LogP contribution >= 0.6 is 0 Å². The fourth-order valence-corrected chi connectivity index (χ4v) is 3.73. The van der Waals surface area contributed by atoms with E-state index >= 15 is 0 Å². The molecule has 0 saturated heterocycles. The van der Waals surface area contributed by atoms with Crippen LogP contribution in [0.2, 0.25) is 0 Å². The zero-order chi connectivity index (χ0) is 21.8. The van der Waals surface area contributed by atoms with Crippen LogP contribution in [0.4, 0.5) is 4.39 Å². The van der Waals surface area contributed by atoms with Crippen molar-refractivity contribution in [1.29, 1.82) is 0 Å². The highest BCUT2D eigenvalue weighted by molar-refractivity contribution is 5.94. The van der Waals surface area contributed by atoms with Crippen molar-refractivity contribution in [2.45, 2.75) is 52.9 Å². The molecular formula is C23H27FN4O2. The second kappa shape index (κ2) is 9.07. The number of aromatic nitrogens is 2. The van der Waals surface area contributed by atoms with Crippen LogP contribution in [0, 0.1) is 5.82 Å². The van der Waals surface area contributed by atoms with Crippen LogP contribution in [-0.2, 0) is 17.9 Å². The number of amides is 2. The van der Waals surface area contributed by atoms with Crippen LogP contribution in [0.1, 0.15) is 43.9 Å². The Hall–Kier alpha value is -3.22. The van der Waals surface area contributed by atoms with Crippen LogP contribution in [0.3, 0.4) is 0 Å². The lowest BCUT2D eigenvalue weighted by molar-refractivity contribution is -0.135. The van der Waals surface area contributed by atoms with Crippen LogP contribution in [-0.4, -0.2) is 38.3 Å². The topological polar surface area (TPSA) is 67.2 Å². The average molecular weight is 410 g/mol. The van der Waals surface area contributed by atoms with E-state index in [-0.39, 0.29) is 36.6 Å². The number of para-hydroxylation sites is 2. The third-order valence-corrected chi connectivity index (χ3v) is 4.95. The van der Waals surface area contributed by atoms with Crippen LogP contribution in [0.5, 0.6) is 0 Å². The largest absolute Gasteiger partial charge is 0.345 e. The number of benzene rings is 2. The average Bonchev–Trinajstić information content (AvgIpc) is 3.03. The van der Waals surface area contributed by atoms with E-state index in [1.54, 1.807) is 6.07 Å². The molecule has 1 heterocycles. The molecule has 3 rings (SSSR count). The van der Waals surface area contributed by atoms with Gasteiger partial charge in [0.1, 0.15) is 18.2 Å². The van der Waals surface area contributed by atoms with Crippen molar-refractivity contribution in [2.75, 3.05) is 0 Å². The van der Waals surface area contributed by atoms with Gasteiger partial charge in [-0.15, -0.1) is 0 Å². The third-order valence-electron chi connectivity index (χ3n) is 4.95. The number of rotatable bonds is 7. The summed E-state index contributed by atoms with van der Waals surface area (Å²) in [6, 6.07) is 13.5. The van der Waals surface area contributed by atoms with Gasteiger partial charge >= 0.3 is 0 Å². The molecule has 0 aliphatic heterocycles. The van der Waals surface area contributed by atoms with Gasteiger partial charge in [0.15, 0.2) is 0 Å². The summed E-state index contributed by atoms with van der Waals surface area (Å²) in [6.45, 7) is 8.14. The van der Waals surface area contributed by atoms with E-state index in [2.05, 4.69) is 10.3 Å². The Balaban J connectivity index is 1.87. The van der Waals surface area contributed by atoms with Crippen molar-refractivity contribution < 1.29 is 14.0 Å². The van der Waals surface area contributed by atoms with Gasteiger partial charge in [0.25, 0.3) is 5.91 Å². The maximum Gasteiger partial charge on any atom is 0.254 e. The number of carbonyl (C=O) groups is 2. The highest BCUT2D eigenvalue weighted by atomic mass is 19.1. The van der Waals surface area contributed by atoms with Gasteiger partial charge in [0.2, 0.25) is 5.91 Å². The predicted molar refractivity (Wildman–Crippen MR) is 114 cm³/mol. The molecule has 0 bridgehead atoms. The second-order valence-corrected chi connectivity index (χ2v) is 7.75. The molecule has 0 unspecified atom stereocenters. The normalized spacial score (nSPS) is 11.3. The molecule has 158 valence electrons. The molecule has 6 nitrogen and oxygen atoms in total. The summed E-state index contributed by atoms with van der Waals surface area (Å²) in [5.74, 6) is -0.584. The summed E-state index contributed by atoms with van der Waals surface area (Å²) < 4.78 is 15.7. The van der Waals surface area contributed by atoms with Crippen molar-refractivity contribution in [3.63, 3.8) is 0 Å². The van der Waals surface area contributed by atoms with E-state index in [0.29, 0.717) is 5.82 Å². The van der Waals surface area contributed by atoms with Crippen molar-refractivity contribution in [3.05, 3.63) is 65.7 Å². The first-order chi connectivity index (χ1) is 14.3. The molecule has 2 amide bonds. The summed E-state index contributed by atoms with van der Waals surface area (Å²) in [5, 5.41) is 2.72. The first-order valence-electron chi connectivity index (χ1n) is 10.1. The SMILES string of the molecule is CC(C)N(C(=O)Cn1c(CNC(=O)c2ccccc2F)nc2ccccc21)C(C)C. The summed E-state index contributed by atoms with van der Waals surface area (Å²) in [6.07, 6.45) is 0. The molecular weight excluding hydrogens is 383 g/mol. The zero-order valence-electron chi connectivity index (χ0n) is 17.7. The number of carbonyl (C=O) groups excluding carboxylic acids is 2. The lowest BCUT2D eigenvalue weighted by atomic mass is 10.2. The predicted octanol–water partition coefficient (Wildman–Crippen LogP) is 3.75. The van der Waals surface area contributed by atoms with E-state index in [4.69, 9.17) is 0 Å². The smallest absolute Gasteiger partial charge is 0.254 e. The highest BCUT2D eigenvalue weighted by Crippen LogP contribution is 2.18. The zero-order valence-corrected chi connectivity index (χ0v) is 17.7. The summed E-state index contributed by atoms with van der Waals surface area (Å²) in [4.78, 5) is 31.9. The van der Waals surface area contributed by atoms with E-state index in [0.717, 1.165) is 11.0 Å². The van der Waals surface area contributed by atoms with E-state index < -0.39 is 11.7 Å². The third kappa shape index (κ3) is 4.50. The van der Waals surface area contributed by atoms with Gasteiger partial charge in [-0.2, -0.15) is 0 Å². The molecule has 30 heavy (non-hydrogen) atoms. The maximum absolute atomic E-state index is 13.9. The summed E-state index contributed by atoms with van der Waals surface area (Å²) in [7, 11) is 0. The Morgan fingerprint density at radius 3 is 2.33 bits per heavy atom. The molecule has 7 heteroatoms. The molecule has 0 aliphatic rings. The Bertz CT molecular complexity index is 1050. The molecule has 3 aromatic rings. The quantitative estimate of drug-likeness (QED) is 0.645.